The fourth-order valence-electron chi connectivity index (χ4n) is 2.96. The molecule has 1 amide bonds. The molecule has 2 aromatic carbocycles. The summed E-state index contributed by atoms with van der Waals surface area (Å²) in [5.41, 5.74) is 3.77. The maximum absolute atomic E-state index is 12.6. The van der Waals surface area contributed by atoms with Crippen molar-refractivity contribution in [2.24, 2.45) is 0 Å². The van der Waals surface area contributed by atoms with E-state index in [0.717, 1.165) is 17.1 Å². The lowest BCUT2D eigenvalue weighted by atomic mass is 10.2. The summed E-state index contributed by atoms with van der Waals surface area (Å²) in [5.74, 6) is 1.01. The zero-order valence-corrected chi connectivity index (χ0v) is 16.3. The first-order chi connectivity index (χ1) is 14.1. The minimum Gasteiger partial charge on any atom is -0.486 e. The second kappa shape index (κ2) is 8.10. The number of anilines is 4. The van der Waals surface area contributed by atoms with Gasteiger partial charge >= 0.3 is 0 Å². The second-order valence-electron chi connectivity index (χ2n) is 6.81. The Bertz CT molecular complexity index is 1020. The summed E-state index contributed by atoms with van der Waals surface area (Å²) in [6.07, 6.45) is 1.61. The molecule has 7 heteroatoms. The average Bonchev–Trinajstić information content (AvgIpc) is 2.74. The van der Waals surface area contributed by atoms with E-state index in [2.05, 4.69) is 15.6 Å². The Kier molecular flexibility index (Phi) is 5.20. The van der Waals surface area contributed by atoms with E-state index in [0.29, 0.717) is 36.1 Å². The van der Waals surface area contributed by atoms with E-state index < -0.39 is 0 Å². The molecule has 148 valence electrons. The number of fused-ring (bicyclic) bond motifs is 1. The van der Waals surface area contributed by atoms with Crippen LogP contribution in [0.2, 0.25) is 0 Å². The largest absolute Gasteiger partial charge is 0.486 e. The molecule has 0 spiro atoms. The van der Waals surface area contributed by atoms with E-state index in [9.17, 15) is 4.79 Å². The highest BCUT2D eigenvalue weighted by atomic mass is 16.6. The van der Waals surface area contributed by atoms with Crippen LogP contribution in [0, 0.1) is 0 Å². The number of benzene rings is 2. The number of carbonyl (C=O) groups excluding carboxylic acids is 1. The summed E-state index contributed by atoms with van der Waals surface area (Å²) >= 11 is 0. The number of carbonyl (C=O) groups is 1. The molecule has 4 rings (SSSR count). The fourth-order valence-corrected chi connectivity index (χ4v) is 2.96. The molecule has 0 aliphatic carbocycles. The molecule has 0 unspecified atom stereocenters. The number of pyridine rings is 1. The van der Waals surface area contributed by atoms with Crippen LogP contribution in [0.3, 0.4) is 0 Å². The maximum atomic E-state index is 12.6. The highest BCUT2D eigenvalue weighted by molar-refractivity contribution is 6.03. The van der Waals surface area contributed by atoms with Crippen molar-refractivity contribution >= 4 is 28.7 Å². The number of aromatic nitrogens is 1. The third-order valence-electron chi connectivity index (χ3n) is 4.46. The standard InChI is InChI=1S/C22H22N4O3/c1-26(2)18-6-3-15(4-7-18)24-17-9-10-23-19(13-17)22(27)25-16-5-8-20-21(14-16)29-12-11-28-20/h3-10,13-14H,11-12H2,1-2H3,(H,23,24)(H,25,27). The first-order valence-corrected chi connectivity index (χ1v) is 9.30. The fraction of sp³-hybridized carbons (Fsp3) is 0.182. The van der Waals surface area contributed by atoms with Crippen LogP contribution in [0.4, 0.5) is 22.7 Å². The third kappa shape index (κ3) is 4.40. The SMILES string of the molecule is CN(C)c1ccc(Nc2ccnc(C(=O)Nc3ccc4c(c3)OCCO4)c2)cc1. The molecule has 0 radical (unpaired) electrons. The van der Waals surface area contributed by atoms with Crippen molar-refractivity contribution < 1.29 is 14.3 Å². The first-order valence-electron chi connectivity index (χ1n) is 9.30. The maximum Gasteiger partial charge on any atom is 0.274 e. The Morgan fingerprint density at radius 2 is 1.62 bits per heavy atom. The van der Waals surface area contributed by atoms with E-state index in [4.69, 9.17) is 9.47 Å². The number of nitrogens with one attached hydrogen (secondary N) is 2. The molecule has 0 fully saturated rings. The highest BCUT2D eigenvalue weighted by Crippen LogP contribution is 2.32. The summed E-state index contributed by atoms with van der Waals surface area (Å²) in [6, 6.07) is 16.9. The van der Waals surface area contributed by atoms with Crippen LogP contribution in [-0.2, 0) is 0 Å². The molecule has 0 saturated heterocycles. The minimum atomic E-state index is -0.298. The van der Waals surface area contributed by atoms with Gasteiger partial charge in [0.15, 0.2) is 11.5 Å². The zero-order valence-electron chi connectivity index (χ0n) is 16.3. The summed E-state index contributed by atoms with van der Waals surface area (Å²) in [5, 5.41) is 6.14. The van der Waals surface area contributed by atoms with Gasteiger partial charge in [0, 0.05) is 49.1 Å². The van der Waals surface area contributed by atoms with E-state index in [1.54, 1.807) is 30.5 Å². The van der Waals surface area contributed by atoms with E-state index >= 15 is 0 Å². The van der Waals surface area contributed by atoms with Crippen LogP contribution in [0.15, 0.2) is 60.8 Å². The number of hydrogen-bond acceptors (Lipinski definition) is 6. The van der Waals surface area contributed by atoms with Crippen molar-refractivity contribution in [3.05, 3.63) is 66.5 Å². The monoisotopic (exact) mass is 390 g/mol. The molecule has 2 heterocycles. The highest BCUT2D eigenvalue weighted by Gasteiger charge is 2.14. The van der Waals surface area contributed by atoms with Gasteiger partial charge in [-0.15, -0.1) is 0 Å². The number of hydrogen-bond donors (Lipinski definition) is 2. The lowest BCUT2D eigenvalue weighted by Gasteiger charge is -2.19. The Balaban J connectivity index is 1.45. The predicted molar refractivity (Wildman–Crippen MR) is 114 cm³/mol. The van der Waals surface area contributed by atoms with Gasteiger partial charge in [0.1, 0.15) is 18.9 Å². The molecule has 3 aromatic rings. The molecule has 1 aliphatic rings. The smallest absolute Gasteiger partial charge is 0.274 e. The average molecular weight is 390 g/mol. The third-order valence-corrected chi connectivity index (χ3v) is 4.46. The molecule has 0 saturated carbocycles. The number of amides is 1. The molecule has 1 aliphatic heterocycles. The molecule has 7 nitrogen and oxygen atoms in total. The van der Waals surface area contributed by atoms with Gasteiger partial charge in [-0.1, -0.05) is 0 Å². The predicted octanol–water partition coefficient (Wildman–Crippen LogP) is 3.91. The Morgan fingerprint density at radius 1 is 0.897 bits per heavy atom. The van der Waals surface area contributed by atoms with Crippen molar-refractivity contribution in [3.63, 3.8) is 0 Å². The van der Waals surface area contributed by atoms with Crippen LogP contribution < -0.4 is 25.0 Å². The lowest BCUT2D eigenvalue weighted by Crippen LogP contribution is -2.17. The second-order valence-corrected chi connectivity index (χ2v) is 6.81. The topological polar surface area (TPSA) is 75.7 Å². The normalized spacial score (nSPS) is 12.2. The summed E-state index contributed by atoms with van der Waals surface area (Å²) < 4.78 is 11.1. The van der Waals surface area contributed by atoms with Gasteiger partial charge in [0.2, 0.25) is 0 Å². The van der Waals surface area contributed by atoms with Crippen molar-refractivity contribution in [2.75, 3.05) is 42.8 Å². The first kappa shape index (κ1) is 18.6. The molecular formula is C22H22N4O3. The van der Waals surface area contributed by atoms with Gasteiger partial charge in [-0.3, -0.25) is 9.78 Å². The summed E-state index contributed by atoms with van der Waals surface area (Å²) in [4.78, 5) is 18.9. The molecular weight excluding hydrogens is 368 g/mol. The van der Waals surface area contributed by atoms with Gasteiger partial charge < -0.3 is 25.0 Å². The Morgan fingerprint density at radius 3 is 2.38 bits per heavy atom. The zero-order chi connectivity index (χ0) is 20.2. The quantitative estimate of drug-likeness (QED) is 0.688. The van der Waals surface area contributed by atoms with Gasteiger partial charge in [0.25, 0.3) is 5.91 Å². The van der Waals surface area contributed by atoms with Gasteiger partial charge in [0.05, 0.1) is 0 Å². The van der Waals surface area contributed by atoms with Crippen LogP contribution in [-0.4, -0.2) is 38.2 Å². The number of rotatable bonds is 5. The molecule has 0 bridgehead atoms. The van der Waals surface area contributed by atoms with E-state index in [1.165, 1.54) is 0 Å². The van der Waals surface area contributed by atoms with Crippen molar-refractivity contribution in [1.82, 2.24) is 4.98 Å². The van der Waals surface area contributed by atoms with Crippen LogP contribution >= 0.6 is 0 Å². The van der Waals surface area contributed by atoms with E-state index in [1.807, 2.05) is 49.3 Å². The van der Waals surface area contributed by atoms with E-state index in [-0.39, 0.29) is 5.91 Å². The van der Waals surface area contributed by atoms with Crippen LogP contribution in [0.1, 0.15) is 10.5 Å². The molecule has 0 atom stereocenters. The number of ether oxygens (including phenoxy) is 2. The molecule has 1 aromatic heterocycles. The Labute approximate surface area is 169 Å². The lowest BCUT2D eigenvalue weighted by molar-refractivity contribution is 0.102. The van der Waals surface area contributed by atoms with Crippen molar-refractivity contribution in [2.45, 2.75) is 0 Å². The number of nitrogens with zero attached hydrogens (tertiary/aromatic N) is 2. The summed E-state index contributed by atoms with van der Waals surface area (Å²) in [7, 11) is 4.00. The summed E-state index contributed by atoms with van der Waals surface area (Å²) in [6.45, 7) is 1.02. The van der Waals surface area contributed by atoms with Crippen LogP contribution in [0.5, 0.6) is 11.5 Å². The van der Waals surface area contributed by atoms with Crippen molar-refractivity contribution in [1.29, 1.82) is 0 Å². The van der Waals surface area contributed by atoms with Gasteiger partial charge in [-0.25, -0.2) is 0 Å². The van der Waals surface area contributed by atoms with Gasteiger partial charge in [-0.05, 0) is 48.5 Å². The van der Waals surface area contributed by atoms with Crippen LogP contribution in [0.25, 0.3) is 0 Å². The van der Waals surface area contributed by atoms with Gasteiger partial charge in [-0.2, -0.15) is 0 Å². The minimum absolute atomic E-state index is 0.298. The Hall–Kier alpha value is -3.74. The molecule has 29 heavy (non-hydrogen) atoms. The van der Waals surface area contributed by atoms with Crippen molar-refractivity contribution in [3.8, 4) is 11.5 Å². The molecule has 2 N–H and O–H groups in total.